The molecule has 0 saturated heterocycles. The first-order valence-corrected chi connectivity index (χ1v) is 4.24. The molecule has 0 aromatic carbocycles. The van der Waals surface area contributed by atoms with Crippen LogP contribution < -0.4 is 0 Å². The van der Waals surface area contributed by atoms with E-state index >= 15 is 0 Å². The van der Waals surface area contributed by atoms with Gasteiger partial charge in [0.2, 0.25) is 0 Å². The molecule has 0 atom stereocenters. The van der Waals surface area contributed by atoms with Crippen molar-refractivity contribution < 1.29 is 40.0 Å². The molecule has 0 amide bonds. The average molecular weight is 194 g/mol. The zero-order valence-corrected chi connectivity index (χ0v) is 4.80. The Labute approximate surface area is 39.6 Å². The molecule has 4 heavy (non-hydrogen) atoms. The van der Waals surface area contributed by atoms with E-state index in [0.717, 1.165) is 0 Å². The van der Waals surface area contributed by atoms with Gasteiger partial charge in [-0.1, -0.05) is 0 Å². The monoisotopic (exact) mass is 194 g/mol. The quantitative estimate of drug-likeness (QED) is 0.555. The Morgan fingerprint density at radius 2 is 1.50 bits per heavy atom. The maximum atomic E-state index is 9.99. The Morgan fingerprint density at radius 1 is 1.50 bits per heavy atom. The Hall–Kier alpha value is 1.04. The van der Waals surface area contributed by atoms with Crippen molar-refractivity contribution >= 4 is 0 Å². The van der Waals surface area contributed by atoms with E-state index in [9.17, 15) is 1.82 Å². The molecule has 0 aliphatic rings. The van der Waals surface area contributed by atoms with E-state index in [4.69, 9.17) is 0.938 Å². The second kappa shape index (κ2) is 2.28. The van der Waals surface area contributed by atoms with Gasteiger partial charge in [-0.15, -0.1) is 0 Å². The summed E-state index contributed by atoms with van der Waals surface area (Å²) in [4.78, 5) is 0. The molecule has 0 fully saturated rings. The van der Waals surface area contributed by atoms with Crippen LogP contribution in [0, 0.1) is 37.2 Å². The average Bonchev–Trinajstić information content (AvgIpc) is 0.811. The third kappa shape index (κ3) is 11.7. The van der Waals surface area contributed by atoms with Crippen LogP contribution in [-0.4, -0.2) is 0 Å². The molecule has 0 spiro atoms. The van der Waals surface area contributed by atoms with Gasteiger partial charge in [0, 0.05) is 0 Å². The third-order valence-electron chi connectivity index (χ3n) is 0. The van der Waals surface area contributed by atoms with E-state index in [1.54, 1.807) is 0 Å². The van der Waals surface area contributed by atoms with Crippen molar-refractivity contribution in [3.63, 3.8) is 0 Å². The van der Waals surface area contributed by atoms with Crippen LogP contribution in [-0.2, 0) is 0.938 Å². The van der Waals surface area contributed by atoms with Crippen LogP contribution in [0.15, 0.2) is 0 Å². The Morgan fingerprint density at radius 3 is 1.50 bits per heavy atom. The van der Waals surface area contributed by atoms with Gasteiger partial charge in [0.05, 0.1) is 0 Å². The molecule has 1 nitrogen and oxygen atoms in total. The molecule has 0 N–H and O–H groups in total. The summed E-state index contributed by atoms with van der Waals surface area (Å²) in [5, 5.41) is 0. The molecule has 0 unspecified atom stereocenters. The predicted molar refractivity (Wildman–Crippen MR) is 2.90 cm³/mol. The second-order valence-electron chi connectivity index (χ2n) is 0.226. The molecule has 0 rings (SSSR count). The molecule has 0 aromatic heterocycles. The molecule has 0 bridgehead atoms. The Balaban J connectivity index is 2.80. The number of halogens is 2. The number of rotatable bonds is 0. The molecular weight excluding hydrogens is 194 g/mol. The van der Waals surface area contributed by atoms with Gasteiger partial charge in [0.25, 0.3) is 0 Å². The van der Waals surface area contributed by atoms with Crippen LogP contribution in [0.1, 0.15) is 0 Å². The molecule has 0 aliphatic carbocycles. The van der Waals surface area contributed by atoms with Gasteiger partial charge in [-0.2, -0.15) is 0 Å². The summed E-state index contributed by atoms with van der Waals surface area (Å²) in [5.41, 5.74) is 0. The summed E-state index contributed by atoms with van der Waals surface area (Å²) in [7, 11) is 0. The van der Waals surface area contributed by atoms with E-state index < -0.39 is 37.2 Å². The van der Waals surface area contributed by atoms with E-state index in [-0.39, 0.29) is 0 Å². The van der Waals surface area contributed by atoms with Gasteiger partial charge in [0.1, 0.15) is 0 Å². The van der Waals surface area contributed by atoms with Gasteiger partial charge in [-0.3, -0.25) is 0 Å². The fourth-order valence-corrected chi connectivity index (χ4v) is 0. The van der Waals surface area contributed by atoms with Crippen LogP contribution in [0.3, 0.4) is 0 Å². The fourth-order valence-electron chi connectivity index (χ4n) is 0. The summed E-state index contributed by atoms with van der Waals surface area (Å²) in [6.07, 6.45) is 0. The van der Waals surface area contributed by atoms with Crippen molar-refractivity contribution in [3.8, 4) is 0 Å². The van der Waals surface area contributed by atoms with E-state index in [1.165, 1.54) is 0 Å². The summed E-state index contributed by atoms with van der Waals surface area (Å²) in [5.74, 6) is 0. The maximum absolute atomic E-state index is 9.99. The zero-order valence-electron chi connectivity index (χ0n) is 1.66. The molecule has 0 aromatic rings. The number of hydrogen-bond acceptors (Lipinski definition) is 1. The molecular formula is CeF2O. The molecule has 0 radical (unpaired) electrons. The van der Waals surface area contributed by atoms with E-state index in [1.807, 2.05) is 0 Å². The van der Waals surface area contributed by atoms with Crippen molar-refractivity contribution in [1.29, 1.82) is 0 Å². The summed E-state index contributed by atoms with van der Waals surface area (Å²) in [6, 6.07) is 0. The first kappa shape index (κ1) is 5.04. The molecule has 24 valence electrons. The fraction of sp³-hybridized carbons (Fsp3) is 0. The topological polar surface area (TPSA) is 17.1 Å². The van der Waals surface area contributed by atoms with Gasteiger partial charge in [-0.25, -0.2) is 0 Å². The van der Waals surface area contributed by atoms with Crippen molar-refractivity contribution in [1.82, 2.24) is 0 Å². The second-order valence-corrected chi connectivity index (χ2v) is 1.64. The Bertz CT molecular complexity index is 29.0. The minimum atomic E-state index is -4.91. The summed E-state index contributed by atoms with van der Waals surface area (Å²) in [6.45, 7) is 0. The van der Waals surface area contributed by atoms with E-state index in [0.29, 0.717) is 0 Å². The first-order chi connectivity index (χ1) is 1.73. The van der Waals surface area contributed by atoms with Gasteiger partial charge < -0.3 is 0 Å². The molecule has 0 heterocycles. The van der Waals surface area contributed by atoms with Crippen molar-refractivity contribution in [3.05, 3.63) is 0 Å². The molecule has 0 aliphatic heterocycles. The van der Waals surface area contributed by atoms with E-state index in [2.05, 4.69) is 0 Å². The minimum absolute atomic E-state index is 4.91. The van der Waals surface area contributed by atoms with Crippen molar-refractivity contribution in [2.45, 2.75) is 0 Å². The summed E-state index contributed by atoms with van der Waals surface area (Å²) >= 11 is -4.91. The SMILES string of the molecule is [O]=[Ce]([F])[F]. The molecule has 0 saturated carbocycles. The van der Waals surface area contributed by atoms with Crippen LogP contribution in [0.4, 0.5) is 1.82 Å². The zero-order chi connectivity index (χ0) is 3.58. The predicted octanol–water partition coefficient (Wildman–Crippen LogP) is 0.722. The summed E-state index contributed by atoms with van der Waals surface area (Å²) < 4.78 is 28.4. The van der Waals surface area contributed by atoms with Crippen LogP contribution in [0.2, 0.25) is 0 Å². The normalized spacial score (nSPS) is 6.50. The van der Waals surface area contributed by atoms with Gasteiger partial charge in [0.15, 0.2) is 0 Å². The first-order valence-electron chi connectivity index (χ1n) is 0.582. The third-order valence-corrected chi connectivity index (χ3v) is 0. The van der Waals surface area contributed by atoms with Crippen LogP contribution >= 0.6 is 0 Å². The van der Waals surface area contributed by atoms with Gasteiger partial charge in [-0.05, 0) is 0 Å². The van der Waals surface area contributed by atoms with Crippen molar-refractivity contribution in [2.75, 3.05) is 0 Å². The van der Waals surface area contributed by atoms with Crippen LogP contribution in [0.25, 0.3) is 0 Å². The molecule has 4 heteroatoms. The van der Waals surface area contributed by atoms with Crippen LogP contribution in [0.5, 0.6) is 0 Å². The van der Waals surface area contributed by atoms with Gasteiger partial charge >= 0.3 is 40.0 Å². The van der Waals surface area contributed by atoms with Crippen molar-refractivity contribution in [2.24, 2.45) is 0 Å². The Kier molecular flexibility index (Phi) is 2.88. The standard InChI is InChI=1S/Ce.2FH.O/h;2*1H;/q+2;;;/p-2. The number of hydrogen-bond donors (Lipinski definition) is 0.